The highest BCUT2D eigenvalue weighted by atomic mass is 32.1. The molecule has 0 radical (unpaired) electrons. The molecule has 2 aromatic rings. The van der Waals surface area contributed by atoms with Gasteiger partial charge in [0.25, 0.3) is 0 Å². The van der Waals surface area contributed by atoms with Crippen LogP contribution < -0.4 is 10.6 Å². The fraction of sp³-hybridized carbons (Fsp3) is 0.250. The molecule has 0 fully saturated rings. The third kappa shape index (κ3) is 3.14. The van der Waals surface area contributed by atoms with Crippen molar-refractivity contribution < 1.29 is 0 Å². The van der Waals surface area contributed by atoms with Gasteiger partial charge in [0.2, 0.25) is 0 Å². The fourth-order valence-electron chi connectivity index (χ4n) is 2.18. The molecule has 0 saturated heterocycles. The molecule has 2 rings (SSSR count). The van der Waals surface area contributed by atoms with Crippen LogP contribution in [0.4, 0.5) is 5.82 Å². The van der Waals surface area contributed by atoms with Crippen LogP contribution in [0.2, 0.25) is 0 Å². The molecule has 1 aromatic carbocycles. The molecule has 0 aliphatic rings. The van der Waals surface area contributed by atoms with E-state index in [2.05, 4.69) is 41.1 Å². The van der Waals surface area contributed by atoms with Crippen LogP contribution in [-0.4, -0.2) is 17.0 Å². The molecule has 0 aliphatic heterocycles. The van der Waals surface area contributed by atoms with E-state index in [1.54, 1.807) is 6.20 Å². The Kier molecular flexibility index (Phi) is 4.35. The zero-order valence-corrected chi connectivity index (χ0v) is 12.9. The zero-order chi connectivity index (χ0) is 14.7. The second-order valence-electron chi connectivity index (χ2n) is 5.03. The molecule has 0 unspecified atom stereocenters. The van der Waals surface area contributed by atoms with E-state index < -0.39 is 0 Å². The first-order valence-corrected chi connectivity index (χ1v) is 6.92. The summed E-state index contributed by atoms with van der Waals surface area (Å²) in [6.07, 6.45) is 1.79. The smallest absolute Gasteiger partial charge is 0.139 e. The number of thiocarbonyl (C=S) groups is 1. The first-order chi connectivity index (χ1) is 9.49. The maximum absolute atomic E-state index is 5.83. The van der Waals surface area contributed by atoms with Gasteiger partial charge in [0.15, 0.2) is 0 Å². The van der Waals surface area contributed by atoms with Crippen molar-refractivity contribution in [2.75, 3.05) is 11.9 Å². The van der Waals surface area contributed by atoms with Crippen LogP contribution in [0.25, 0.3) is 0 Å². The van der Waals surface area contributed by atoms with Crippen molar-refractivity contribution in [3.05, 3.63) is 58.8 Å². The summed E-state index contributed by atoms with van der Waals surface area (Å²) >= 11 is 5.15. The Labute approximate surface area is 125 Å². The summed E-state index contributed by atoms with van der Waals surface area (Å²) in [6, 6.07) is 10.4. The summed E-state index contributed by atoms with van der Waals surface area (Å²) in [5.74, 6) is 0.832. The van der Waals surface area contributed by atoms with Gasteiger partial charge in [0.1, 0.15) is 10.8 Å². The predicted molar refractivity (Wildman–Crippen MR) is 88.1 cm³/mol. The van der Waals surface area contributed by atoms with Gasteiger partial charge in [-0.15, -0.1) is 0 Å². The third-order valence-electron chi connectivity index (χ3n) is 3.29. The van der Waals surface area contributed by atoms with Crippen LogP contribution in [0.15, 0.2) is 36.5 Å². The minimum absolute atomic E-state index is 0.390. The lowest BCUT2D eigenvalue weighted by Gasteiger charge is -2.22. The molecule has 0 aliphatic carbocycles. The summed E-state index contributed by atoms with van der Waals surface area (Å²) in [7, 11) is 2.00. The van der Waals surface area contributed by atoms with Gasteiger partial charge in [0.05, 0.1) is 5.56 Å². The monoisotopic (exact) mass is 285 g/mol. The van der Waals surface area contributed by atoms with E-state index in [0.717, 1.165) is 23.5 Å². The maximum Gasteiger partial charge on any atom is 0.139 e. The molecular weight excluding hydrogens is 266 g/mol. The van der Waals surface area contributed by atoms with Crippen LogP contribution in [0.1, 0.15) is 22.3 Å². The molecule has 0 spiro atoms. The molecule has 0 atom stereocenters. The van der Waals surface area contributed by atoms with E-state index in [1.807, 2.05) is 20.0 Å². The Balaban J connectivity index is 2.29. The largest absolute Gasteiger partial charge is 0.389 e. The summed E-state index contributed by atoms with van der Waals surface area (Å²) in [4.78, 5) is 6.90. The van der Waals surface area contributed by atoms with Crippen molar-refractivity contribution >= 4 is 23.0 Å². The molecule has 0 amide bonds. The molecule has 104 valence electrons. The zero-order valence-electron chi connectivity index (χ0n) is 12.1. The number of pyridine rings is 1. The predicted octanol–water partition coefficient (Wildman–Crippen LogP) is 2.97. The van der Waals surface area contributed by atoms with Gasteiger partial charge in [-0.2, -0.15) is 0 Å². The maximum atomic E-state index is 5.83. The number of rotatable bonds is 4. The number of nitrogens with zero attached hydrogens (tertiary/aromatic N) is 2. The molecule has 2 N–H and O–H groups in total. The lowest BCUT2D eigenvalue weighted by atomic mass is 10.1. The lowest BCUT2D eigenvalue weighted by molar-refractivity contribution is 0.894. The van der Waals surface area contributed by atoms with Gasteiger partial charge < -0.3 is 10.6 Å². The van der Waals surface area contributed by atoms with E-state index >= 15 is 0 Å². The Hall–Kier alpha value is -1.94. The molecule has 0 saturated carbocycles. The molecular formula is C16H19N3S. The standard InChI is InChI=1S/C16H19N3S/c1-11-4-6-13(7-5-11)10-19(3)16-14(15(17)20)12(2)8-9-18-16/h4-9H,10H2,1-3H3,(H2,17,20). The number of hydrogen-bond acceptors (Lipinski definition) is 3. The van der Waals surface area contributed by atoms with Gasteiger partial charge >= 0.3 is 0 Å². The van der Waals surface area contributed by atoms with Gasteiger partial charge in [-0.25, -0.2) is 4.98 Å². The van der Waals surface area contributed by atoms with Gasteiger partial charge in [-0.3, -0.25) is 0 Å². The van der Waals surface area contributed by atoms with Crippen molar-refractivity contribution in [1.82, 2.24) is 4.98 Å². The van der Waals surface area contributed by atoms with Crippen LogP contribution in [0.5, 0.6) is 0 Å². The first-order valence-electron chi connectivity index (χ1n) is 6.51. The highest BCUT2D eigenvalue weighted by Gasteiger charge is 2.13. The number of aryl methyl sites for hydroxylation is 2. The van der Waals surface area contributed by atoms with E-state index in [-0.39, 0.29) is 0 Å². The molecule has 1 heterocycles. The summed E-state index contributed by atoms with van der Waals surface area (Å²) < 4.78 is 0. The summed E-state index contributed by atoms with van der Waals surface area (Å²) in [6.45, 7) is 4.85. The Morgan fingerprint density at radius 1 is 1.20 bits per heavy atom. The molecule has 4 heteroatoms. The van der Waals surface area contributed by atoms with Gasteiger partial charge in [-0.05, 0) is 31.0 Å². The van der Waals surface area contributed by atoms with Gasteiger partial charge in [-0.1, -0.05) is 42.0 Å². The van der Waals surface area contributed by atoms with Crippen LogP contribution in [0, 0.1) is 13.8 Å². The molecule has 20 heavy (non-hydrogen) atoms. The number of hydrogen-bond donors (Lipinski definition) is 1. The van der Waals surface area contributed by atoms with Crippen molar-refractivity contribution in [2.45, 2.75) is 20.4 Å². The highest BCUT2D eigenvalue weighted by molar-refractivity contribution is 7.80. The van der Waals surface area contributed by atoms with Gasteiger partial charge in [0, 0.05) is 19.8 Å². The Morgan fingerprint density at radius 3 is 2.45 bits per heavy atom. The first kappa shape index (κ1) is 14.5. The highest BCUT2D eigenvalue weighted by Crippen LogP contribution is 2.21. The van der Waals surface area contributed by atoms with Crippen LogP contribution >= 0.6 is 12.2 Å². The minimum atomic E-state index is 0.390. The topological polar surface area (TPSA) is 42.2 Å². The van der Waals surface area contributed by atoms with Crippen molar-refractivity contribution in [3.63, 3.8) is 0 Å². The molecule has 0 bridgehead atoms. The average molecular weight is 285 g/mol. The number of anilines is 1. The van der Waals surface area contributed by atoms with Crippen molar-refractivity contribution in [1.29, 1.82) is 0 Å². The van der Waals surface area contributed by atoms with Crippen LogP contribution in [-0.2, 0) is 6.54 Å². The second kappa shape index (κ2) is 6.01. The van der Waals surface area contributed by atoms with E-state index in [4.69, 9.17) is 18.0 Å². The summed E-state index contributed by atoms with van der Waals surface area (Å²) in [5, 5.41) is 0. The fourth-order valence-corrected chi connectivity index (χ4v) is 2.43. The van der Waals surface area contributed by atoms with E-state index in [1.165, 1.54) is 11.1 Å². The number of nitrogens with two attached hydrogens (primary N) is 1. The lowest BCUT2D eigenvalue weighted by Crippen LogP contribution is -2.23. The van der Waals surface area contributed by atoms with E-state index in [9.17, 15) is 0 Å². The summed E-state index contributed by atoms with van der Waals surface area (Å²) in [5.41, 5.74) is 10.2. The minimum Gasteiger partial charge on any atom is -0.389 e. The quantitative estimate of drug-likeness (QED) is 0.877. The SMILES string of the molecule is Cc1ccc(CN(C)c2nccc(C)c2C(N)=S)cc1. The molecule has 3 nitrogen and oxygen atoms in total. The Bertz CT molecular complexity index is 620. The second-order valence-corrected chi connectivity index (χ2v) is 5.47. The molecule has 1 aromatic heterocycles. The van der Waals surface area contributed by atoms with Crippen molar-refractivity contribution in [2.24, 2.45) is 5.73 Å². The number of benzene rings is 1. The van der Waals surface area contributed by atoms with Crippen LogP contribution in [0.3, 0.4) is 0 Å². The normalized spacial score (nSPS) is 10.3. The van der Waals surface area contributed by atoms with Crippen molar-refractivity contribution in [3.8, 4) is 0 Å². The Morgan fingerprint density at radius 2 is 1.85 bits per heavy atom. The average Bonchev–Trinajstić information content (AvgIpc) is 2.40. The van der Waals surface area contributed by atoms with E-state index in [0.29, 0.717) is 4.99 Å². The third-order valence-corrected chi connectivity index (χ3v) is 3.49. The number of aromatic nitrogens is 1.